The molecule has 0 radical (unpaired) electrons. The van der Waals surface area contributed by atoms with Crippen molar-refractivity contribution in [3.63, 3.8) is 0 Å². The van der Waals surface area contributed by atoms with Crippen molar-refractivity contribution >= 4 is 16.7 Å². The van der Waals surface area contributed by atoms with E-state index in [1.165, 1.54) is 0 Å². The minimum atomic E-state index is -0.608. The third-order valence-electron chi connectivity index (χ3n) is 4.60. The monoisotopic (exact) mass is 366 g/mol. The SMILES string of the molecule is N#Cc1c(N)[nH]c(=O)c(C#N)c1-c1ccc2c(ccn2Cc2cccnc2)c1. The standard InChI is InChI=1S/C21H14N6O/c22-9-16-19(17(10-23)21(28)26-20(16)24)15-3-4-18-14(8-15)5-7-27(18)12-13-2-1-6-25-11-13/h1-8,11H,12H2,(H3,24,26,28). The molecule has 0 atom stereocenters. The maximum Gasteiger partial charge on any atom is 0.268 e. The number of nitrogens with zero attached hydrogens (tertiary/aromatic N) is 4. The first-order valence-corrected chi connectivity index (χ1v) is 8.46. The summed E-state index contributed by atoms with van der Waals surface area (Å²) < 4.78 is 2.08. The molecule has 0 fully saturated rings. The molecule has 0 bridgehead atoms. The molecule has 3 heterocycles. The molecule has 4 aromatic rings. The Bertz CT molecular complexity index is 1340. The van der Waals surface area contributed by atoms with Gasteiger partial charge in [0, 0.05) is 41.6 Å². The molecule has 4 rings (SSSR count). The van der Waals surface area contributed by atoms with Gasteiger partial charge in [-0.1, -0.05) is 12.1 Å². The highest BCUT2D eigenvalue weighted by Crippen LogP contribution is 2.31. The third-order valence-corrected chi connectivity index (χ3v) is 4.60. The number of nitrogens with one attached hydrogen (secondary N) is 1. The molecular weight excluding hydrogens is 352 g/mol. The van der Waals surface area contributed by atoms with E-state index in [2.05, 4.69) is 14.5 Å². The number of hydrogen-bond acceptors (Lipinski definition) is 5. The molecule has 7 heteroatoms. The fourth-order valence-electron chi connectivity index (χ4n) is 3.31. The van der Waals surface area contributed by atoms with Gasteiger partial charge < -0.3 is 15.3 Å². The normalized spacial score (nSPS) is 10.5. The van der Waals surface area contributed by atoms with E-state index in [0.717, 1.165) is 16.5 Å². The zero-order chi connectivity index (χ0) is 19.7. The Morgan fingerprint density at radius 3 is 2.68 bits per heavy atom. The molecule has 0 aliphatic heterocycles. The van der Waals surface area contributed by atoms with E-state index in [0.29, 0.717) is 12.1 Å². The number of anilines is 1. The second-order valence-electron chi connectivity index (χ2n) is 6.29. The number of benzene rings is 1. The van der Waals surface area contributed by atoms with E-state index in [1.54, 1.807) is 12.3 Å². The maximum atomic E-state index is 12.1. The summed E-state index contributed by atoms with van der Waals surface area (Å²) in [5.74, 6) is -0.0456. The molecule has 0 aliphatic carbocycles. The predicted octanol–water partition coefficient (Wildman–Crippen LogP) is 2.77. The van der Waals surface area contributed by atoms with Crippen molar-refractivity contribution < 1.29 is 0 Å². The fourth-order valence-corrected chi connectivity index (χ4v) is 3.31. The van der Waals surface area contributed by atoms with Gasteiger partial charge in [-0.05, 0) is 35.4 Å². The molecule has 134 valence electrons. The van der Waals surface area contributed by atoms with Crippen LogP contribution in [0.2, 0.25) is 0 Å². The summed E-state index contributed by atoms with van der Waals surface area (Å²) in [4.78, 5) is 18.6. The Morgan fingerprint density at radius 2 is 1.96 bits per heavy atom. The first-order valence-electron chi connectivity index (χ1n) is 8.46. The molecule has 3 N–H and O–H groups in total. The number of hydrogen-bond donors (Lipinski definition) is 2. The van der Waals surface area contributed by atoms with E-state index in [-0.39, 0.29) is 22.5 Å². The lowest BCUT2D eigenvalue weighted by atomic mass is 9.96. The third kappa shape index (κ3) is 2.77. The van der Waals surface area contributed by atoms with Crippen LogP contribution in [0.5, 0.6) is 0 Å². The quantitative estimate of drug-likeness (QED) is 0.577. The van der Waals surface area contributed by atoms with Crippen LogP contribution in [0, 0.1) is 22.7 Å². The van der Waals surface area contributed by atoms with Gasteiger partial charge in [-0.25, -0.2) is 0 Å². The zero-order valence-electron chi connectivity index (χ0n) is 14.7. The smallest absolute Gasteiger partial charge is 0.268 e. The summed E-state index contributed by atoms with van der Waals surface area (Å²) in [5.41, 5.74) is 8.07. The predicted molar refractivity (Wildman–Crippen MR) is 105 cm³/mol. The molecule has 7 nitrogen and oxygen atoms in total. The van der Waals surface area contributed by atoms with Gasteiger partial charge in [-0.2, -0.15) is 10.5 Å². The van der Waals surface area contributed by atoms with Crippen LogP contribution < -0.4 is 11.3 Å². The van der Waals surface area contributed by atoms with Gasteiger partial charge in [0.25, 0.3) is 5.56 Å². The van der Waals surface area contributed by atoms with Crippen LogP contribution in [0.4, 0.5) is 5.82 Å². The average molecular weight is 366 g/mol. The first-order chi connectivity index (χ1) is 13.6. The molecule has 0 amide bonds. The van der Waals surface area contributed by atoms with Crippen LogP contribution in [-0.4, -0.2) is 14.5 Å². The summed E-state index contributed by atoms with van der Waals surface area (Å²) >= 11 is 0. The number of nitriles is 2. The lowest BCUT2D eigenvalue weighted by molar-refractivity contribution is 0.832. The van der Waals surface area contributed by atoms with Crippen LogP contribution in [0.3, 0.4) is 0 Å². The average Bonchev–Trinajstić information content (AvgIpc) is 3.10. The zero-order valence-corrected chi connectivity index (χ0v) is 14.7. The molecule has 3 aromatic heterocycles. The second kappa shape index (κ2) is 6.75. The molecule has 0 aliphatic rings. The molecule has 28 heavy (non-hydrogen) atoms. The summed E-state index contributed by atoms with van der Waals surface area (Å²) in [6.07, 6.45) is 5.51. The van der Waals surface area contributed by atoms with Crippen molar-refractivity contribution in [3.05, 3.63) is 82.0 Å². The van der Waals surface area contributed by atoms with Crippen molar-refractivity contribution in [1.82, 2.24) is 14.5 Å². The molecular formula is C21H14N6O. The van der Waals surface area contributed by atoms with Crippen LogP contribution >= 0.6 is 0 Å². The Hall–Kier alpha value is -4.36. The Labute approximate surface area is 159 Å². The van der Waals surface area contributed by atoms with Crippen LogP contribution in [0.15, 0.2) is 59.8 Å². The molecule has 0 saturated carbocycles. The topological polar surface area (TPSA) is 124 Å². The van der Waals surface area contributed by atoms with E-state index in [9.17, 15) is 15.3 Å². The van der Waals surface area contributed by atoms with Gasteiger partial charge in [0.05, 0.1) is 0 Å². The van der Waals surface area contributed by atoms with E-state index in [4.69, 9.17) is 5.73 Å². The van der Waals surface area contributed by atoms with Crippen LogP contribution in [-0.2, 0) is 6.54 Å². The highest BCUT2D eigenvalue weighted by molar-refractivity contribution is 5.89. The molecule has 1 aromatic carbocycles. The van der Waals surface area contributed by atoms with Gasteiger partial charge >= 0.3 is 0 Å². The van der Waals surface area contributed by atoms with Crippen molar-refractivity contribution in [2.24, 2.45) is 0 Å². The van der Waals surface area contributed by atoms with E-state index < -0.39 is 5.56 Å². The maximum absolute atomic E-state index is 12.1. The number of fused-ring (bicyclic) bond motifs is 1. The van der Waals surface area contributed by atoms with Crippen molar-refractivity contribution in [3.8, 4) is 23.3 Å². The van der Waals surface area contributed by atoms with Crippen LogP contribution in [0.1, 0.15) is 16.7 Å². The van der Waals surface area contributed by atoms with Gasteiger partial charge in [-0.3, -0.25) is 9.78 Å². The number of pyridine rings is 2. The highest BCUT2D eigenvalue weighted by Gasteiger charge is 2.18. The Kier molecular flexibility index (Phi) is 4.11. The van der Waals surface area contributed by atoms with E-state index >= 15 is 0 Å². The number of aromatic nitrogens is 3. The molecule has 0 spiro atoms. The number of rotatable bonds is 3. The number of nitrogen functional groups attached to an aromatic ring is 1. The van der Waals surface area contributed by atoms with Crippen molar-refractivity contribution in [1.29, 1.82) is 10.5 Å². The Morgan fingerprint density at radius 1 is 1.14 bits per heavy atom. The van der Waals surface area contributed by atoms with E-state index in [1.807, 2.05) is 54.9 Å². The molecule has 0 unspecified atom stereocenters. The first kappa shape index (κ1) is 17.1. The van der Waals surface area contributed by atoms with Crippen molar-refractivity contribution in [2.45, 2.75) is 6.54 Å². The lowest BCUT2D eigenvalue weighted by Crippen LogP contribution is -2.16. The van der Waals surface area contributed by atoms with Gasteiger partial charge in [0.15, 0.2) is 0 Å². The van der Waals surface area contributed by atoms with Crippen molar-refractivity contribution in [2.75, 3.05) is 5.73 Å². The molecule has 0 saturated heterocycles. The fraction of sp³-hybridized carbons (Fsp3) is 0.0476. The minimum Gasteiger partial charge on any atom is -0.384 e. The Balaban J connectivity index is 1.86. The van der Waals surface area contributed by atoms with Crippen LogP contribution in [0.25, 0.3) is 22.0 Å². The number of aromatic amines is 1. The van der Waals surface area contributed by atoms with Gasteiger partial charge in [0.2, 0.25) is 0 Å². The second-order valence-corrected chi connectivity index (χ2v) is 6.29. The largest absolute Gasteiger partial charge is 0.384 e. The number of nitrogens with two attached hydrogens (primary N) is 1. The summed E-state index contributed by atoms with van der Waals surface area (Å²) in [6, 6.07) is 15.3. The summed E-state index contributed by atoms with van der Waals surface area (Å²) in [7, 11) is 0. The summed E-state index contributed by atoms with van der Waals surface area (Å²) in [5, 5.41) is 19.8. The number of H-pyrrole nitrogens is 1. The van der Waals surface area contributed by atoms with Gasteiger partial charge in [-0.15, -0.1) is 0 Å². The highest BCUT2D eigenvalue weighted by atomic mass is 16.1. The lowest BCUT2D eigenvalue weighted by Gasteiger charge is -2.10. The van der Waals surface area contributed by atoms with Gasteiger partial charge in [0.1, 0.15) is 29.1 Å². The minimum absolute atomic E-state index is 0.0456. The summed E-state index contributed by atoms with van der Waals surface area (Å²) in [6.45, 7) is 0.668.